The summed E-state index contributed by atoms with van der Waals surface area (Å²) in [7, 11) is 0. The summed E-state index contributed by atoms with van der Waals surface area (Å²) in [5, 5.41) is 13.2. The standard InChI is InChI=1S/C18H16FN3O6/c1-10(23)28-13-5-3-12(4-6-13)18(25)21-15(17(20)24)8-11-2-7-14(19)16(9-11)22(26)27/h2-7,9,15H,8H2,1H3,(H2,20,24)(H,21,25)/t15-/m0/s1. The van der Waals surface area contributed by atoms with Crippen LogP contribution in [0.25, 0.3) is 0 Å². The van der Waals surface area contributed by atoms with Crippen molar-refractivity contribution in [1.82, 2.24) is 5.32 Å². The zero-order chi connectivity index (χ0) is 20.8. The van der Waals surface area contributed by atoms with Crippen molar-refractivity contribution in [3.05, 3.63) is 69.5 Å². The molecule has 0 fully saturated rings. The van der Waals surface area contributed by atoms with Gasteiger partial charge in [0.05, 0.1) is 4.92 Å². The number of hydrogen-bond acceptors (Lipinski definition) is 6. The van der Waals surface area contributed by atoms with Gasteiger partial charge in [-0.1, -0.05) is 6.07 Å². The van der Waals surface area contributed by atoms with Crippen molar-refractivity contribution in [3.63, 3.8) is 0 Å². The number of rotatable bonds is 7. The van der Waals surface area contributed by atoms with Crippen molar-refractivity contribution in [2.24, 2.45) is 5.73 Å². The van der Waals surface area contributed by atoms with E-state index in [4.69, 9.17) is 10.5 Å². The number of amides is 2. The number of benzene rings is 2. The van der Waals surface area contributed by atoms with Crippen molar-refractivity contribution < 1.29 is 28.4 Å². The van der Waals surface area contributed by atoms with E-state index < -0.39 is 40.3 Å². The number of ether oxygens (including phenoxy) is 1. The minimum absolute atomic E-state index is 0.159. The van der Waals surface area contributed by atoms with Crippen molar-refractivity contribution in [1.29, 1.82) is 0 Å². The molecule has 146 valence electrons. The Bertz CT molecular complexity index is 929. The fraction of sp³-hybridized carbons (Fsp3) is 0.167. The molecule has 1 atom stereocenters. The normalized spacial score (nSPS) is 11.4. The van der Waals surface area contributed by atoms with Crippen LogP contribution in [0.15, 0.2) is 42.5 Å². The zero-order valence-electron chi connectivity index (χ0n) is 14.7. The summed E-state index contributed by atoms with van der Waals surface area (Å²) in [5.41, 5.74) is 4.98. The van der Waals surface area contributed by atoms with Crippen LogP contribution in [-0.4, -0.2) is 28.7 Å². The van der Waals surface area contributed by atoms with Gasteiger partial charge in [0.25, 0.3) is 5.91 Å². The first-order valence-electron chi connectivity index (χ1n) is 7.99. The molecule has 0 heterocycles. The van der Waals surface area contributed by atoms with Gasteiger partial charge in [-0.25, -0.2) is 0 Å². The lowest BCUT2D eigenvalue weighted by Crippen LogP contribution is -2.45. The highest BCUT2D eigenvalue weighted by atomic mass is 19.1. The van der Waals surface area contributed by atoms with Gasteiger partial charge in [0.2, 0.25) is 11.7 Å². The molecular formula is C18H16FN3O6. The van der Waals surface area contributed by atoms with Crippen LogP contribution in [0.1, 0.15) is 22.8 Å². The Balaban J connectivity index is 2.13. The first-order valence-corrected chi connectivity index (χ1v) is 7.99. The molecule has 10 heteroatoms. The molecule has 2 aromatic rings. The molecule has 0 saturated heterocycles. The van der Waals surface area contributed by atoms with Gasteiger partial charge in [0, 0.05) is 25.0 Å². The number of nitrogens with two attached hydrogens (primary N) is 1. The fourth-order valence-corrected chi connectivity index (χ4v) is 2.37. The van der Waals surface area contributed by atoms with E-state index in [1.807, 2.05) is 0 Å². The van der Waals surface area contributed by atoms with Crippen molar-refractivity contribution in [3.8, 4) is 5.75 Å². The Labute approximate surface area is 158 Å². The highest BCUT2D eigenvalue weighted by Gasteiger charge is 2.22. The SMILES string of the molecule is CC(=O)Oc1ccc(C(=O)N[C@@H](Cc2ccc(F)c([N+](=O)[O-])c2)C(N)=O)cc1. The maximum atomic E-state index is 13.4. The summed E-state index contributed by atoms with van der Waals surface area (Å²) in [5.74, 6) is -2.78. The van der Waals surface area contributed by atoms with Crippen LogP contribution in [0, 0.1) is 15.9 Å². The van der Waals surface area contributed by atoms with E-state index in [1.165, 1.54) is 37.3 Å². The first-order chi connectivity index (χ1) is 13.2. The monoisotopic (exact) mass is 389 g/mol. The predicted molar refractivity (Wildman–Crippen MR) is 95.0 cm³/mol. The number of nitro benzene ring substituents is 1. The lowest BCUT2D eigenvalue weighted by Gasteiger charge is -2.16. The largest absolute Gasteiger partial charge is 0.427 e. The Morgan fingerprint density at radius 1 is 1.21 bits per heavy atom. The number of primary amides is 1. The maximum absolute atomic E-state index is 13.4. The third kappa shape index (κ3) is 5.34. The van der Waals surface area contributed by atoms with Crippen molar-refractivity contribution >= 4 is 23.5 Å². The Morgan fingerprint density at radius 2 is 1.86 bits per heavy atom. The molecule has 9 nitrogen and oxygen atoms in total. The third-order valence-corrected chi connectivity index (χ3v) is 3.67. The molecule has 0 radical (unpaired) electrons. The molecule has 0 spiro atoms. The molecule has 0 aliphatic heterocycles. The second kappa shape index (κ2) is 8.71. The minimum atomic E-state index is -1.18. The van der Waals surface area contributed by atoms with E-state index in [1.54, 1.807) is 0 Å². The quantitative estimate of drug-likeness (QED) is 0.318. The van der Waals surface area contributed by atoms with Crippen molar-refractivity contribution in [2.45, 2.75) is 19.4 Å². The summed E-state index contributed by atoms with van der Waals surface area (Å²) in [6.07, 6.45) is -0.159. The van der Waals surface area contributed by atoms with E-state index in [9.17, 15) is 28.9 Å². The van der Waals surface area contributed by atoms with Gasteiger partial charge < -0.3 is 15.8 Å². The minimum Gasteiger partial charge on any atom is -0.427 e. The van der Waals surface area contributed by atoms with Crippen LogP contribution in [0.3, 0.4) is 0 Å². The van der Waals surface area contributed by atoms with Crippen LogP contribution >= 0.6 is 0 Å². The Morgan fingerprint density at radius 3 is 2.39 bits per heavy atom. The molecule has 0 saturated carbocycles. The summed E-state index contributed by atoms with van der Waals surface area (Å²) in [6, 6.07) is 7.54. The van der Waals surface area contributed by atoms with Gasteiger partial charge in [-0.05, 0) is 35.9 Å². The van der Waals surface area contributed by atoms with Crippen LogP contribution < -0.4 is 15.8 Å². The Hall–Kier alpha value is -3.82. The fourth-order valence-electron chi connectivity index (χ4n) is 2.37. The average molecular weight is 389 g/mol. The summed E-state index contributed by atoms with van der Waals surface area (Å²) in [6.45, 7) is 1.23. The number of hydrogen-bond donors (Lipinski definition) is 2. The van der Waals surface area contributed by atoms with Gasteiger partial charge in [-0.15, -0.1) is 0 Å². The van der Waals surface area contributed by atoms with Crippen molar-refractivity contribution in [2.75, 3.05) is 0 Å². The van der Waals surface area contributed by atoms with E-state index in [0.717, 1.165) is 12.1 Å². The lowest BCUT2D eigenvalue weighted by molar-refractivity contribution is -0.387. The highest BCUT2D eigenvalue weighted by molar-refractivity contribution is 5.97. The number of esters is 1. The van der Waals surface area contributed by atoms with Gasteiger partial charge in [0.15, 0.2) is 0 Å². The number of carbonyl (C=O) groups is 3. The number of halogens is 1. The Kier molecular flexibility index (Phi) is 6.38. The van der Waals surface area contributed by atoms with E-state index in [2.05, 4.69) is 5.32 Å². The topological polar surface area (TPSA) is 142 Å². The van der Waals surface area contributed by atoms with Crippen LogP contribution in [-0.2, 0) is 16.0 Å². The number of nitrogens with one attached hydrogen (secondary N) is 1. The van der Waals surface area contributed by atoms with Gasteiger partial charge in [-0.3, -0.25) is 24.5 Å². The molecule has 0 aromatic heterocycles. The molecule has 2 amide bonds. The summed E-state index contributed by atoms with van der Waals surface area (Å²) < 4.78 is 18.3. The van der Waals surface area contributed by atoms with Crippen LogP contribution in [0.4, 0.5) is 10.1 Å². The van der Waals surface area contributed by atoms with E-state index >= 15 is 0 Å². The maximum Gasteiger partial charge on any atom is 0.308 e. The number of nitrogens with zero attached hydrogens (tertiary/aromatic N) is 1. The molecule has 0 aliphatic rings. The molecule has 0 unspecified atom stereocenters. The molecule has 2 aromatic carbocycles. The molecular weight excluding hydrogens is 373 g/mol. The molecule has 28 heavy (non-hydrogen) atoms. The average Bonchev–Trinajstić information content (AvgIpc) is 2.62. The molecule has 0 aliphatic carbocycles. The van der Waals surface area contributed by atoms with E-state index in [0.29, 0.717) is 0 Å². The van der Waals surface area contributed by atoms with Gasteiger partial charge in [0.1, 0.15) is 11.8 Å². The smallest absolute Gasteiger partial charge is 0.308 e. The zero-order valence-corrected chi connectivity index (χ0v) is 14.7. The first kappa shape index (κ1) is 20.5. The van der Waals surface area contributed by atoms with Crippen LogP contribution in [0.2, 0.25) is 0 Å². The summed E-state index contributed by atoms with van der Waals surface area (Å²) >= 11 is 0. The number of carbonyl (C=O) groups excluding carboxylic acids is 3. The lowest BCUT2D eigenvalue weighted by atomic mass is 10.0. The van der Waals surface area contributed by atoms with E-state index in [-0.39, 0.29) is 23.3 Å². The molecule has 3 N–H and O–H groups in total. The predicted octanol–water partition coefficient (Wildman–Crippen LogP) is 1.49. The summed E-state index contributed by atoms with van der Waals surface area (Å²) in [4.78, 5) is 44.8. The second-order valence-electron chi connectivity index (χ2n) is 5.79. The number of nitro groups is 1. The third-order valence-electron chi connectivity index (χ3n) is 3.67. The van der Waals surface area contributed by atoms with Gasteiger partial charge in [-0.2, -0.15) is 4.39 Å². The highest BCUT2D eigenvalue weighted by Crippen LogP contribution is 2.19. The molecule has 2 rings (SSSR count). The second-order valence-corrected chi connectivity index (χ2v) is 5.79. The van der Waals surface area contributed by atoms with Crippen LogP contribution in [0.5, 0.6) is 5.75 Å². The molecule has 0 bridgehead atoms. The van der Waals surface area contributed by atoms with Gasteiger partial charge >= 0.3 is 11.7 Å².